The third-order valence-corrected chi connectivity index (χ3v) is 2.16. The van der Waals surface area contributed by atoms with E-state index in [0.29, 0.717) is 11.3 Å². The highest BCUT2D eigenvalue weighted by molar-refractivity contribution is 6.66. The zero-order valence-electron chi connectivity index (χ0n) is 8.57. The first-order valence-corrected chi connectivity index (χ1v) is 4.93. The average Bonchev–Trinajstić information content (AvgIpc) is 2.18. The van der Waals surface area contributed by atoms with Crippen LogP contribution in [-0.2, 0) is 0 Å². The van der Waals surface area contributed by atoms with Crippen molar-refractivity contribution in [1.29, 1.82) is 5.26 Å². The number of nitrogens with zero attached hydrogens (tertiary/aromatic N) is 2. The smallest absolute Gasteiger partial charge is 0.296 e. The molecule has 3 nitrogen and oxygen atoms in total. The highest BCUT2D eigenvalue weighted by atomic mass is 35.5. The van der Waals surface area contributed by atoms with Gasteiger partial charge in [-0.2, -0.15) is 5.26 Å². The molecule has 0 N–H and O–H groups in total. The summed E-state index contributed by atoms with van der Waals surface area (Å²) in [6, 6.07) is 8.73. The minimum atomic E-state index is -0.519. The molecule has 0 spiro atoms. The number of halogens is 1. The molecule has 15 heavy (non-hydrogen) atoms. The van der Waals surface area contributed by atoms with Crippen molar-refractivity contribution in [1.82, 2.24) is 0 Å². The molecule has 0 bridgehead atoms. The van der Waals surface area contributed by atoms with Crippen molar-refractivity contribution in [2.45, 2.75) is 19.9 Å². The second-order valence-electron chi connectivity index (χ2n) is 3.38. The van der Waals surface area contributed by atoms with Gasteiger partial charge in [0.05, 0.1) is 11.6 Å². The maximum Gasteiger partial charge on any atom is 0.321 e. The monoisotopic (exact) mass is 222 g/mol. The fourth-order valence-electron chi connectivity index (χ4n) is 1.30. The van der Waals surface area contributed by atoms with Crippen molar-refractivity contribution >= 4 is 22.7 Å². The minimum Gasteiger partial charge on any atom is -0.296 e. The van der Waals surface area contributed by atoms with Crippen LogP contribution in [0.1, 0.15) is 19.4 Å². The van der Waals surface area contributed by atoms with E-state index in [0.717, 1.165) is 0 Å². The van der Waals surface area contributed by atoms with Gasteiger partial charge in [-0.1, -0.05) is 0 Å². The number of hydrogen-bond donors (Lipinski definition) is 0. The molecule has 4 heteroatoms. The number of amides is 1. The number of rotatable bonds is 2. The summed E-state index contributed by atoms with van der Waals surface area (Å²) in [4.78, 5) is 12.6. The van der Waals surface area contributed by atoms with Crippen molar-refractivity contribution in [3.63, 3.8) is 0 Å². The minimum absolute atomic E-state index is 0.0112. The highest BCUT2D eigenvalue weighted by Gasteiger charge is 2.16. The van der Waals surface area contributed by atoms with Crippen molar-refractivity contribution in [2.24, 2.45) is 0 Å². The predicted molar refractivity (Wildman–Crippen MR) is 60.0 cm³/mol. The molecule has 1 aromatic rings. The number of nitriles is 1. The first-order chi connectivity index (χ1) is 7.06. The summed E-state index contributed by atoms with van der Waals surface area (Å²) in [5, 5.41) is 8.11. The van der Waals surface area contributed by atoms with E-state index in [9.17, 15) is 4.79 Å². The van der Waals surface area contributed by atoms with Gasteiger partial charge < -0.3 is 0 Å². The Bertz CT molecular complexity index is 392. The molecular weight excluding hydrogens is 212 g/mol. The Balaban J connectivity index is 3.03. The van der Waals surface area contributed by atoms with Crippen molar-refractivity contribution in [3.8, 4) is 6.07 Å². The molecule has 1 rings (SSSR count). The van der Waals surface area contributed by atoms with Crippen LogP contribution in [0.3, 0.4) is 0 Å². The van der Waals surface area contributed by atoms with E-state index < -0.39 is 5.37 Å². The van der Waals surface area contributed by atoms with E-state index >= 15 is 0 Å². The topological polar surface area (TPSA) is 44.1 Å². The standard InChI is InChI=1S/C11H11ClN2O/c1-8(2)14(11(12)15)10-5-3-9(7-13)4-6-10/h3-6,8H,1-2H3. The van der Waals surface area contributed by atoms with E-state index in [2.05, 4.69) is 0 Å². The lowest BCUT2D eigenvalue weighted by Crippen LogP contribution is -2.32. The molecule has 1 amide bonds. The molecule has 0 fully saturated rings. The van der Waals surface area contributed by atoms with Gasteiger partial charge in [0.2, 0.25) is 0 Å². The lowest BCUT2D eigenvalue weighted by Gasteiger charge is -2.23. The lowest BCUT2D eigenvalue weighted by atomic mass is 10.2. The Kier molecular flexibility index (Phi) is 3.70. The van der Waals surface area contributed by atoms with Crippen LogP contribution in [0.5, 0.6) is 0 Å². The normalized spacial score (nSPS) is 9.80. The summed E-state index contributed by atoms with van der Waals surface area (Å²) in [5.41, 5.74) is 1.26. The van der Waals surface area contributed by atoms with Gasteiger partial charge in [0.25, 0.3) is 0 Å². The summed E-state index contributed by atoms with van der Waals surface area (Å²) < 4.78 is 0. The average molecular weight is 223 g/mol. The van der Waals surface area contributed by atoms with Crippen molar-refractivity contribution in [2.75, 3.05) is 4.90 Å². The Morgan fingerprint density at radius 2 is 1.93 bits per heavy atom. The van der Waals surface area contributed by atoms with Crippen molar-refractivity contribution < 1.29 is 4.79 Å². The van der Waals surface area contributed by atoms with E-state index in [1.54, 1.807) is 24.3 Å². The summed E-state index contributed by atoms with van der Waals surface area (Å²) in [6.07, 6.45) is 0. The molecule has 0 unspecified atom stereocenters. The van der Waals surface area contributed by atoms with Crippen LogP contribution in [0.4, 0.5) is 10.5 Å². The molecule has 0 atom stereocenters. The third-order valence-electron chi connectivity index (χ3n) is 1.98. The van der Waals surface area contributed by atoms with Crippen LogP contribution in [0, 0.1) is 11.3 Å². The predicted octanol–water partition coefficient (Wildman–Crippen LogP) is 3.13. The second-order valence-corrected chi connectivity index (χ2v) is 3.70. The number of carbonyl (C=O) groups excluding carboxylic acids is 1. The van der Waals surface area contributed by atoms with Crippen LogP contribution in [0.25, 0.3) is 0 Å². The highest BCUT2D eigenvalue weighted by Crippen LogP contribution is 2.19. The summed E-state index contributed by atoms with van der Waals surface area (Å²) >= 11 is 5.47. The molecule has 0 radical (unpaired) electrons. The summed E-state index contributed by atoms with van der Waals surface area (Å²) in [5.74, 6) is 0. The van der Waals surface area contributed by atoms with Crippen LogP contribution < -0.4 is 4.90 Å². The molecule has 0 aliphatic heterocycles. The Hall–Kier alpha value is -1.53. The van der Waals surface area contributed by atoms with Crippen LogP contribution in [0.15, 0.2) is 24.3 Å². The first kappa shape index (κ1) is 11.5. The van der Waals surface area contributed by atoms with Gasteiger partial charge in [-0.25, -0.2) is 0 Å². The SMILES string of the molecule is CC(C)N(C(=O)Cl)c1ccc(C#N)cc1. The van der Waals surface area contributed by atoms with Gasteiger partial charge in [0.1, 0.15) is 0 Å². The largest absolute Gasteiger partial charge is 0.321 e. The fraction of sp³-hybridized carbons (Fsp3) is 0.273. The van der Waals surface area contributed by atoms with E-state index in [1.807, 2.05) is 19.9 Å². The van der Waals surface area contributed by atoms with E-state index in [4.69, 9.17) is 16.9 Å². The van der Waals surface area contributed by atoms with Crippen LogP contribution >= 0.6 is 11.6 Å². The summed E-state index contributed by atoms with van der Waals surface area (Å²) in [6.45, 7) is 3.75. The summed E-state index contributed by atoms with van der Waals surface area (Å²) in [7, 11) is 0. The first-order valence-electron chi connectivity index (χ1n) is 4.55. The van der Waals surface area contributed by atoms with Gasteiger partial charge in [-0.3, -0.25) is 9.69 Å². The zero-order chi connectivity index (χ0) is 11.4. The zero-order valence-corrected chi connectivity index (χ0v) is 9.32. The molecule has 0 aromatic heterocycles. The van der Waals surface area contributed by atoms with Gasteiger partial charge in [0, 0.05) is 11.7 Å². The maximum atomic E-state index is 11.2. The quantitative estimate of drug-likeness (QED) is 0.570. The second kappa shape index (κ2) is 4.81. The molecule has 0 aliphatic rings. The molecule has 0 aliphatic carbocycles. The number of carbonyl (C=O) groups is 1. The lowest BCUT2D eigenvalue weighted by molar-refractivity contribution is 0.263. The van der Waals surface area contributed by atoms with Crippen LogP contribution in [0.2, 0.25) is 0 Å². The molecule has 0 saturated heterocycles. The van der Waals surface area contributed by atoms with E-state index in [1.165, 1.54) is 4.90 Å². The molecule has 78 valence electrons. The van der Waals surface area contributed by atoms with Gasteiger partial charge >= 0.3 is 5.37 Å². The number of benzene rings is 1. The molecule has 0 heterocycles. The Morgan fingerprint density at radius 1 is 1.40 bits per heavy atom. The van der Waals surface area contributed by atoms with Gasteiger partial charge in [-0.15, -0.1) is 0 Å². The third kappa shape index (κ3) is 2.71. The molecule has 1 aromatic carbocycles. The fourth-order valence-corrected chi connectivity index (χ4v) is 1.59. The van der Waals surface area contributed by atoms with Crippen LogP contribution in [-0.4, -0.2) is 11.4 Å². The Morgan fingerprint density at radius 3 is 2.27 bits per heavy atom. The van der Waals surface area contributed by atoms with E-state index in [-0.39, 0.29) is 6.04 Å². The number of hydrogen-bond acceptors (Lipinski definition) is 2. The number of anilines is 1. The molecule has 0 saturated carbocycles. The van der Waals surface area contributed by atoms with Crippen molar-refractivity contribution in [3.05, 3.63) is 29.8 Å². The molecular formula is C11H11ClN2O. The Labute approximate surface area is 93.9 Å². The maximum absolute atomic E-state index is 11.2. The van der Waals surface area contributed by atoms with Gasteiger partial charge in [-0.05, 0) is 49.7 Å². The van der Waals surface area contributed by atoms with Gasteiger partial charge in [0.15, 0.2) is 0 Å².